The molecule has 0 spiro atoms. The zero-order valence-electron chi connectivity index (χ0n) is 14.4. The Kier molecular flexibility index (Phi) is 4.99. The molecule has 0 atom stereocenters. The lowest BCUT2D eigenvalue weighted by molar-refractivity contribution is 0.629. The van der Waals surface area contributed by atoms with Crippen molar-refractivity contribution in [3.8, 4) is 0 Å². The summed E-state index contributed by atoms with van der Waals surface area (Å²) in [6, 6.07) is 25.0. The van der Waals surface area contributed by atoms with E-state index in [0.29, 0.717) is 17.9 Å². The summed E-state index contributed by atoms with van der Waals surface area (Å²) in [6.07, 6.45) is 0. The fourth-order valence-electron chi connectivity index (χ4n) is 3.21. The number of hydrogen-bond donors (Lipinski definition) is 1. The number of aromatic nitrogens is 2. The topological polar surface area (TPSA) is 37.8 Å². The van der Waals surface area contributed by atoms with Gasteiger partial charge >= 0.3 is 0 Å². The second-order valence-corrected chi connectivity index (χ2v) is 6.60. The van der Waals surface area contributed by atoms with Gasteiger partial charge in [-0.05, 0) is 34.9 Å². The molecule has 27 heavy (non-hydrogen) atoms. The largest absolute Gasteiger partial charge is 0.368 e. The Bertz CT molecular complexity index is 1010. The van der Waals surface area contributed by atoms with Gasteiger partial charge < -0.3 is 5.32 Å². The lowest BCUT2D eigenvalue weighted by Crippen LogP contribution is -2.15. The first-order valence-electron chi connectivity index (χ1n) is 8.67. The van der Waals surface area contributed by atoms with Gasteiger partial charge in [0.25, 0.3) is 0 Å². The van der Waals surface area contributed by atoms with Gasteiger partial charge in [-0.1, -0.05) is 60.7 Å². The van der Waals surface area contributed by atoms with Crippen LogP contribution in [0.25, 0.3) is 10.9 Å². The molecule has 0 unspecified atom stereocenters. The first-order valence-corrected chi connectivity index (χ1v) is 9.05. The van der Waals surface area contributed by atoms with Crippen molar-refractivity contribution in [1.29, 1.82) is 0 Å². The molecule has 1 aromatic heterocycles. The van der Waals surface area contributed by atoms with Gasteiger partial charge in [0.2, 0.25) is 5.28 Å². The van der Waals surface area contributed by atoms with Crippen molar-refractivity contribution in [3.05, 3.63) is 101 Å². The van der Waals surface area contributed by atoms with Gasteiger partial charge in [0, 0.05) is 23.9 Å². The first-order chi connectivity index (χ1) is 13.2. The fourth-order valence-corrected chi connectivity index (χ4v) is 3.38. The molecular formula is C22H17ClFN3. The molecule has 1 heterocycles. The number of hydrogen-bond acceptors (Lipinski definition) is 3. The first kappa shape index (κ1) is 17.4. The van der Waals surface area contributed by atoms with E-state index >= 15 is 0 Å². The van der Waals surface area contributed by atoms with Gasteiger partial charge in [-0.15, -0.1) is 0 Å². The van der Waals surface area contributed by atoms with Crippen LogP contribution in [0.2, 0.25) is 5.28 Å². The van der Waals surface area contributed by atoms with Crippen LogP contribution in [0.5, 0.6) is 0 Å². The summed E-state index contributed by atoms with van der Waals surface area (Å²) in [4.78, 5) is 8.43. The molecule has 0 radical (unpaired) electrons. The van der Waals surface area contributed by atoms with E-state index in [9.17, 15) is 4.39 Å². The minimum atomic E-state index is -0.352. The average Bonchev–Trinajstić information content (AvgIpc) is 2.69. The van der Waals surface area contributed by atoms with Gasteiger partial charge in [-0.2, -0.15) is 0 Å². The summed E-state index contributed by atoms with van der Waals surface area (Å²) in [5, 5.41) is 4.21. The van der Waals surface area contributed by atoms with Crippen LogP contribution in [0.1, 0.15) is 17.0 Å². The van der Waals surface area contributed by atoms with E-state index in [-0.39, 0.29) is 17.0 Å². The van der Waals surface area contributed by atoms with E-state index < -0.39 is 0 Å². The fraction of sp³-hybridized carbons (Fsp3) is 0.0909. The summed E-state index contributed by atoms with van der Waals surface area (Å²) in [6.45, 7) is 0.619. The Morgan fingerprint density at radius 1 is 0.852 bits per heavy atom. The van der Waals surface area contributed by atoms with Crippen molar-refractivity contribution in [3.63, 3.8) is 0 Å². The molecular weight excluding hydrogens is 361 g/mol. The summed E-state index contributed by atoms with van der Waals surface area (Å²) in [5.41, 5.74) is 2.88. The van der Waals surface area contributed by atoms with Crippen molar-refractivity contribution in [2.75, 3.05) is 11.9 Å². The molecule has 0 amide bonds. The minimum absolute atomic E-state index is 0.0894. The summed E-state index contributed by atoms with van der Waals surface area (Å²) >= 11 is 6.04. The number of rotatable bonds is 5. The van der Waals surface area contributed by atoms with Crippen LogP contribution in [0, 0.1) is 5.82 Å². The maximum atomic E-state index is 13.5. The molecule has 0 aliphatic rings. The number of halogens is 2. The highest BCUT2D eigenvalue weighted by Gasteiger charge is 2.15. The van der Waals surface area contributed by atoms with Crippen LogP contribution in [-0.2, 0) is 0 Å². The second kappa shape index (κ2) is 7.72. The number of fused-ring (bicyclic) bond motifs is 1. The molecule has 0 bridgehead atoms. The Morgan fingerprint density at radius 2 is 1.48 bits per heavy atom. The van der Waals surface area contributed by atoms with E-state index in [4.69, 9.17) is 11.6 Å². The Morgan fingerprint density at radius 3 is 2.11 bits per heavy atom. The Labute approximate surface area is 161 Å². The molecule has 1 N–H and O–H groups in total. The zero-order valence-corrected chi connectivity index (χ0v) is 15.2. The van der Waals surface area contributed by atoms with Crippen LogP contribution in [0.4, 0.5) is 10.2 Å². The quantitative estimate of drug-likeness (QED) is 0.455. The van der Waals surface area contributed by atoms with Crippen LogP contribution in [0.15, 0.2) is 78.9 Å². The van der Waals surface area contributed by atoms with Gasteiger partial charge in [0.15, 0.2) is 0 Å². The molecule has 5 heteroatoms. The second-order valence-electron chi connectivity index (χ2n) is 6.26. The number of nitrogens with zero attached hydrogens (tertiary/aromatic N) is 2. The van der Waals surface area contributed by atoms with E-state index in [2.05, 4.69) is 39.6 Å². The summed E-state index contributed by atoms with van der Waals surface area (Å²) in [5.74, 6) is 0.383. The maximum Gasteiger partial charge on any atom is 0.224 e. The van der Waals surface area contributed by atoms with Crippen LogP contribution in [-0.4, -0.2) is 16.5 Å². The number of anilines is 1. The lowest BCUT2D eigenvalue weighted by atomic mass is 9.91. The molecule has 0 saturated heterocycles. The third kappa shape index (κ3) is 3.91. The van der Waals surface area contributed by atoms with E-state index in [1.54, 1.807) is 6.07 Å². The monoisotopic (exact) mass is 377 g/mol. The van der Waals surface area contributed by atoms with Crippen LogP contribution in [0.3, 0.4) is 0 Å². The minimum Gasteiger partial charge on any atom is -0.368 e. The van der Waals surface area contributed by atoms with Gasteiger partial charge in [0.05, 0.1) is 5.52 Å². The van der Waals surface area contributed by atoms with E-state index in [1.165, 1.54) is 23.3 Å². The third-order valence-corrected chi connectivity index (χ3v) is 4.68. The molecule has 3 nitrogen and oxygen atoms in total. The Balaban J connectivity index is 1.68. The lowest BCUT2D eigenvalue weighted by Gasteiger charge is -2.20. The van der Waals surface area contributed by atoms with Crippen molar-refractivity contribution < 1.29 is 4.39 Å². The van der Waals surface area contributed by atoms with E-state index in [1.807, 2.05) is 36.4 Å². The molecule has 4 rings (SSSR count). The van der Waals surface area contributed by atoms with Gasteiger partial charge in [-0.3, -0.25) is 0 Å². The standard InChI is InChI=1S/C22H17ClFN3/c23-22-26-20-13-17(24)11-12-18(20)21(27-22)25-14-19(15-7-3-1-4-8-15)16-9-5-2-6-10-16/h1-13,19H,14H2,(H,25,26,27). The highest BCUT2D eigenvalue weighted by molar-refractivity contribution is 6.28. The van der Waals surface area contributed by atoms with E-state index in [0.717, 1.165) is 5.39 Å². The zero-order chi connectivity index (χ0) is 18.6. The predicted octanol–water partition coefficient (Wildman–Crippen LogP) is 5.67. The number of nitrogens with one attached hydrogen (secondary N) is 1. The molecule has 4 aromatic rings. The van der Waals surface area contributed by atoms with Crippen molar-refractivity contribution in [2.45, 2.75) is 5.92 Å². The molecule has 0 aliphatic heterocycles. The summed E-state index contributed by atoms with van der Waals surface area (Å²) < 4.78 is 13.5. The molecule has 0 aliphatic carbocycles. The third-order valence-electron chi connectivity index (χ3n) is 4.51. The maximum absolute atomic E-state index is 13.5. The molecule has 134 valence electrons. The van der Waals surface area contributed by atoms with Gasteiger partial charge in [0.1, 0.15) is 11.6 Å². The van der Waals surface area contributed by atoms with Crippen molar-refractivity contribution in [1.82, 2.24) is 9.97 Å². The average molecular weight is 378 g/mol. The van der Waals surface area contributed by atoms with Crippen LogP contribution < -0.4 is 5.32 Å². The normalized spacial score (nSPS) is 11.1. The number of benzene rings is 3. The van der Waals surface area contributed by atoms with Gasteiger partial charge in [-0.25, -0.2) is 14.4 Å². The van der Waals surface area contributed by atoms with Crippen molar-refractivity contribution in [2.24, 2.45) is 0 Å². The summed E-state index contributed by atoms with van der Waals surface area (Å²) in [7, 11) is 0. The SMILES string of the molecule is Fc1ccc2c(NCC(c3ccccc3)c3ccccc3)nc(Cl)nc2c1. The van der Waals surface area contributed by atoms with Crippen LogP contribution >= 0.6 is 11.6 Å². The van der Waals surface area contributed by atoms with Crippen molar-refractivity contribution >= 4 is 28.3 Å². The highest BCUT2D eigenvalue weighted by Crippen LogP contribution is 2.27. The highest BCUT2D eigenvalue weighted by atomic mass is 35.5. The Hall–Kier alpha value is -2.98. The smallest absolute Gasteiger partial charge is 0.224 e. The predicted molar refractivity (Wildman–Crippen MR) is 108 cm³/mol. The molecule has 0 saturated carbocycles. The molecule has 3 aromatic carbocycles. The molecule has 0 fully saturated rings.